The van der Waals surface area contributed by atoms with Crippen molar-refractivity contribution in [2.75, 3.05) is 10.5 Å². The van der Waals surface area contributed by atoms with Crippen molar-refractivity contribution in [2.24, 2.45) is 0 Å². The fourth-order valence-corrected chi connectivity index (χ4v) is 3.02. The van der Waals surface area contributed by atoms with Crippen LogP contribution in [0.4, 0.5) is 10.2 Å². The summed E-state index contributed by atoms with van der Waals surface area (Å²) in [7, 11) is -3.34. The van der Waals surface area contributed by atoms with Crippen LogP contribution >= 0.6 is 0 Å². The van der Waals surface area contributed by atoms with Gasteiger partial charge < -0.3 is 0 Å². The Hall–Kier alpha value is -1.89. The van der Waals surface area contributed by atoms with Crippen molar-refractivity contribution in [3.63, 3.8) is 0 Å². The second-order valence-corrected chi connectivity index (χ2v) is 6.64. The van der Waals surface area contributed by atoms with E-state index in [1.165, 1.54) is 12.1 Å². The minimum atomic E-state index is -3.34. The van der Waals surface area contributed by atoms with Gasteiger partial charge in [-0.1, -0.05) is 25.5 Å². The summed E-state index contributed by atoms with van der Waals surface area (Å²) >= 11 is 0. The number of halogens is 1. The highest BCUT2D eigenvalue weighted by atomic mass is 32.2. The van der Waals surface area contributed by atoms with Crippen LogP contribution in [-0.4, -0.2) is 24.0 Å². The summed E-state index contributed by atoms with van der Waals surface area (Å²) in [5.41, 5.74) is 0.889. The summed E-state index contributed by atoms with van der Waals surface area (Å²) in [5, 5.41) is 4.15. The van der Waals surface area contributed by atoms with E-state index < -0.39 is 10.0 Å². The van der Waals surface area contributed by atoms with Crippen LogP contribution in [0.1, 0.15) is 25.3 Å². The molecule has 0 fully saturated rings. The van der Waals surface area contributed by atoms with Crippen LogP contribution < -0.4 is 4.72 Å². The maximum Gasteiger partial charge on any atom is 0.233 e. The fraction of sp³-hybridized carbons (Fsp3) is 0.357. The van der Waals surface area contributed by atoms with E-state index >= 15 is 0 Å². The monoisotopic (exact) mass is 311 g/mol. The zero-order valence-corrected chi connectivity index (χ0v) is 12.6. The second-order valence-electron chi connectivity index (χ2n) is 4.80. The quantitative estimate of drug-likeness (QED) is 0.855. The molecule has 114 valence electrons. The molecule has 0 atom stereocenters. The van der Waals surface area contributed by atoms with Crippen LogP contribution in [0.2, 0.25) is 0 Å². The average Bonchev–Trinajstić information content (AvgIpc) is 2.85. The molecule has 21 heavy (non-hydrogen) atoms. The Bertz CT molecular complexity index is 680. The van der Waals surface area contributed by atoms with Gasteiger partial charge in [-0.05, 0) is 24.1 Å². The summed E-state index contributed by atoms with van der Waals surface area (Å²) in [4.78, 5) is 0. The molecule has 1 N–H and O–H groups in total. The molecule has 2 rings (SSSR count). The highest BCUT2D eigenvalue weighted by molar-refractivity contribution is 7.92. The predicted molar refractivity (Wildman–Crippen MR) is 80.0 cm³/mol. The molecule has 5 nitrogen and oxygen atoms in total. The van der Waals surface area contributed by atoms with Gasteiger partial charge in [-0.3, -0.25) is 9.40 Å². The van der Waals surface area contributed by atoms with Crippen LogP contribution in [0.15, 0.2) is 36.5 Å². The van der Waals surface area contributed by atoms with E-state index in [9.17, 15) is 12.8 Å². The van der Waals surface area contributed by atoms with E-state index in [0.29, 0.717) is 18.8 Å². The standard InChI is InChI=1S/C14H18FN3O2S/c1-2-3-10-21(19,20)17-14-8-9-18(16-14)11-12-4-6-13(15)7-5-12/h4-9H,2-3,10-11H2,1H3,(H,16,17). The number of hydrogen-bond acceptors (Lipinski definition) is 3. The number of rotatable bonds is 7. The zero-order valence-electron chi connectivity index (χ0n) is 11.8. The molecular formula is C14H18FN3O2S. The number of benzene rings is 1. The maximum absolute atomic E-state index is 12.8. The van der Waals surface area contributed by atoms with Crippen molar-refractivity contribution < 1.29 is 12.8 Å². The van der Waals surface area contributed by atoms with E-state index in [2.05, 4.69) is 9.82 Å². The molecule has 0 aliphatic carbocycles. The Kier molecular flexibility index (Phi) is 4.95. The third-order valence-electron chi connectivity index (χ3n) is 2.93. The third kappa shape index (κ3) is 4.86. The number of unbranched alkanes of at least 4 members (excludes halogenated alkanes) is 1. The van der Waals surface area contributed by atoms with Gasteiger partial charge in [-0.15, -0.1) is 0 Å². The molecule has 0 aliphatic heterocycles. The largest absolute Gasteiger partial charge is 0.266 e. The SMILES string of the molecule is CCCCS(=O)(=O)Nc1ccn(Cc2ccc(F)cc2)n1. The Labute approximate surface area is 123 Å². The maximum atomic E-state index is 12.8. The van der Waals surface area contributed by atoms with Crippen molar-refractivity contribution >= 4 is 15.8 Å². The summed E-state index contributed by atoms with van der Waals surface area (Å²) in [6.45, 7) is 2.39. The fourth-order valence-electron chi connectivity index (χ4n) is 1.83. The molecule has 1 heterocycles. The van der Waals surface area contributed by atoms with Gasteiger partial charge in [0.2, 0.25) is 10.0 Å². The summed E-state index contributed by atoms with van der Waals surface area (Å²) in [6, 6.07) is 7.71. The highest BCUT2D eigenvalue weighted by Gasteiger charge is 2.11. The molecule has 0 amide bonds. The minimum absolute atomic E-state index is 0.0916. The first-order chi connectivity index (χ1) is 9.98. The topological polar surface area (TPSA) is 64.0 Å². The van der Waals surface area contributed by atoms with Crippen molar-refractivity contribution in [1.29, 1.82) is 0 Å². The Morgan fingerprint density at radius 3 is 2.62 bits per heavy atom. The van der Waals surface area contributed by atoms with Crippen LogP contribution in [0, 0.1) is 5.82 Å². The number of hydrogen-bond donors (Lipinski definition) is 1. The van der Waals surface area contributed by atoms with E-state index in [4.69, 9.17) is 0 Å². The normalized spacial score (nSPS) is 11.5. The highest BCUT2D eigenvalue weighted by Crippen LogP contribution is 2.10. The van der Waals surface area contributed by atoms with Crippen LogP contribution in [0.25, 0.3) is 0 Å². The lowest BCUT2D eigenvalue weighted by atomic mass is 10.2. The summed E-state index contributed by atoms with van der Waals surface area (Å²) < 4.78 is 40.4. The smallest absolute Gasteiger partial charge is 0.233 e. The van der Waals surface area contributed by atoms with Gasteiger partial charge in [-0.2, -0.15) is 5.10 Å². The number of nitrogens with zero attached hydrogens (tertiary/aromatic N) is 2. The summed E-state index contributed by atoms with van der Waals surface area (Å²) in [5.74, 6) is 0.103. The van der Waals surface area contributed by atoms with Crippen LogP contribution in [0.5, 0.6) is 0 Å². The van der Waals surface area contributed by atoms with Gasteiger partial charge in [0.1, 0.15) is 5.82 Å². The Balaban J connectivity index is 1.99. The first-order valence-corrected chi connectivity index (χ1v) is 8.42. The number of aromatic nitrogens is 2. The molecular weight excluding hydrogens is 293 g/mol. The molecule has 7 heteroatoms. The van der Waals surface area contributed by atoms with Gasteiger partial charge in [0.15, 0.2) is 5.82 Å². The Morgan fingerprint density at radius 2 is 1.95 bits per heavy atom. The lowest BCUT2D eigenvalue weighted by molar-refractivity contribution is 0.597. The van der Waals surface area contributed by atoms with E-state index in [1.54, 1.807) is 29.1 Å². The lowest BCUT2D eigenvalue weighted by Gasteiger charge is -2.04. The van der Waals surface area contributed by atoms with Crippen molar-refractivity contribution in [3.05, 3.63) is 47.9 Å². The number of nitrogens with one attached hydrogen (secondary N) is 1. The average molecular weight is 311 g/mol. The molecule has 0 saturated carbocycles. The van der Waals surface area contributed by atoms with E-state index in [-0.39, 0.29) is 11.6 Å². The third-order valence-corrected chi connectivity index (χ3v) is 4.27. The molecule has 2 aromatic rings. The molecule has 0 saturated heterocycles. The van der Waals surface area contributed by atoms with Gasteiger partial charge in [-0.25, -0.2) is 12.8 Å². The van der Waals surface area contributed by atoms with Crippen LogP contribution in [0.3, 0.4) is 0 Å². The van der Waals surface area contributed by atoms with E-state index in [1.807, 2.05) is 6.92 Å². The van der Waals surface area contributed by atoms with Crippen molar-refractivity contribution in [2.45, 2.75) is 26.3 Å². The molecule has 1 aromatic heterocycles. The van der Waals surface area contributed by atoms with Crippen LogP contribution in [-0.2, 0) is 16.6 Å². The van der Waals surface area contributed by atoms with Gasteiger partial charge >= 0.3 is 0 Å². The number of sulfonamides is 1. The van der Waals surface area contributed by atoms with Gasteiger partial charge in [0.05, 0.1) is 12.3 Å². The molecule has 1 aromatic carbocycles. The first kappa shape index (κ1) is 15.5. The first-order valence-electron chi connectivity index (χ1n) is 6.77. The minimum Gasteiger partial charge on any atom is -0.266 e. The van der Waals surface area contributed by atoms with Gasteiger partial charge in [0.25, 0.3) is 0 Å². The zero-order chi connectivity index (χ0) is 15.3. The van der Waals surface area contributed by atoms with Crippen molar-refractivity contribution in [3.8, 4) is 0 Å². The molecule has 0 radical (unpaired) electrons. The molecule has 0 spiro atoms. The predicted octanol–water partition coefficient (Wildman–Crippen LogP) is 2.61. The summed E-state index contributed by atoms with van der Waals surface area (Å²) in [6.07, 6.45) is 3.12. The lowest BCUT2D eigenvalue weighted by Crippen LogP contribution is -2.17. The molecule has 0 aliphatic rings. The molecule has 0 bridgehead atoms. The second kappa shape index (κ2) is 6.71. The molecule has 0 unspecified atom stereocenters. The van der Waals surface area contributed by atoms with Crippen molar-refractivity contribution in [1.82, 2.24) is 9.78 Å². The van der Waals surface area contributed by atoms with Gasteiger partial charge in [0, 0.05) is 12.3 Å². The van der Waals surface area contributed by atoms with E-state index in [0.717, 1.165) is 12.0 Å². The Morgan fingerprint density at radius 1 is 1.24 bits per heavy atom. The number of anilines is 1.